The molecule has 116 valence electrons. The van der Waals surface area contributed by atoms with Crippen LogP contribution < -0.4 is 11.1 Å². The predicted octanol–water partition coefficient (Wildman–Crippen LogP) is 1.44. The normalized spacial score (nSPS) is 21.2. The maximum atomic E-state index is 11.5. The number of amides is 1. The Balaban J connectivity index is 1.64. The van der Waals surface area contributed by atoms with Gasteiger partial charge in [0, 0.05) is 17.7 Å². The Bertz CT molecular complexity index is 537. The number of carbonyl (C=O) groups is 1. The Labute approximate surface area is 129 Å². The summed E-state index contributed by atoms with van der Waals surface area (Å²) >= 11 is 1.68. The predicted molar refractivity (Wildman–Crippen MR) is 82.3 cm³/mol. The van der Waals surface area contributed by atoms with Crippen molar-refractivity contribution >= 4 is 17.7 Å². The summed E-state index contributed by atoms with van der Waals surface area (Å²) in [5.41, 5.74) is 4.80. The molecule has 2 aliphatic carbocycles. The number of nitrogens with two attached hydrogens (primary N) is 1. The largest absolute Gasteiger partial charge is 0.368 e. The van der Waals surface area contributed by atoms with E-state index in [0.29, 0.717) is 18.4 Å². The summed E-state index contributed by atoms with van der Waals surface area (Å²) < 4.78 is 2.34. The maximum Gasteiger partial charge on any atom is 0.237 e. The molecular weight excluding hydrogens is 286 g/mol. The number of rotatable bonds is 8. The minimum atomic E-state index is -0.656. The van der Waals surface area contributed by atoms with Gasteiger partial charge in [0.1, 0.15) is 5.82 Å². The van der Waals surface area contributed by atoms with E-state index in [4.69, 9.17) is 5.73 Å². The zero-order valence-corrected chi connectivity index (χ0v) is 13.4. The first-order valence-electron chi connectivity index (χ1n) is 7.61. The second-order valence-corrected chi connectivity index (χ2v) is 7.32. The van der Waals surface area contributed by atoms with Crippen LogP contribution in [0, 0.1) is 0 Å². The van der Waals surface area contributed by atoms with Gasteiger partial charge in [0.05, 0.1) is 5.54 Å². The molecule has 0 bridgehead atoms. The fourth-order valence-electron chi connectivity index (χ4n) is 2.40. The molecule has 1 heterocycles. The Kier molecular flexibility index (Phi) is 3.96. The number of primary amides is 1. The number of thioether (sulfide) groups is 1. The molecular formula is C14H23N5OS. The van der Waals surface area contributed by atoms with Gasteiger partial charge in [0.25, 0.3) is 0 Å². The molecule has 2 saturated carbocycles. The Morgan fingerprint density at radius 3 is 2.67 bits per heavy atom. The molecule has 0 spiro atoms. The second-order valence-electron chi connectivity index (χ2n) is 6.26. The van der Waals surface area contributed by atoms with Crippen molar-refractivity contribution in [3.05, 3.63) is 5.82 Å². The fraction of sp³-hybridized carbons (Fsp3) is 0.786. The molecule has 0 saturated heterocycles. The van der Waals surface area contributed by atoms with E-state index in [1.165, 1.54) is 31.5 Å². The molecule has 0 aliphatic heterocycles. The summed E-state index contributed by atoms with van der Waals surface area (Å²) in [4.78, 5) is 11.5. The first kappa shape index (κ1) is 14.8. The highest BCUT2D eigenvalue weighted by Crippen LogP contribution is 2.46. The molecule has 0 radical (unpaired) electrons. The third-order valence-corrected chi connectivity index (χ3v) is 5.42. The molecule has 2 fully saturated rings. The average molecular weight is 309 g/mol. The van der Waals surface area contributed by atoms with E-state index in [0.717, 1.165) is 10.9 Å². The van der Waals surface area contributed by atoms with Crippen LogP contribution in [0.2, 0.25) is 0 Å². The van der Waals surface area contributed by atoms with E-state index in [-0.39, 0.29) is 5.91 Å². The zero-order valence-electron chi connectivity index (χ0n) is 12.6. The van der Waals surface area contributed by atoms with Crippen molar-refractivity contribution in [2.75, 3.05) is 12.8 Å². The topological polar surface area (TPSA) is 85.8 Å². The van der Waals surface area contributed by atoms with Crippen molar-refractivity contribution in [2.45, 2.75) is 61.7 Å². The van der Waals surface area contributed by atoms with Crippen LogP contribution in [-0.4, -0.2) is 39.0 Å². The summed E-state index contributed by atoms with van der Waals surface area (Å²) in [6.45, 7) is 1.84. The quantitative estimate of drug-likeness (QED) is 0.710. The molecule has 1 aromatic heterocycles. The Morgan fingerprint density at radius 1 is 1.43 bits per heavy atom. The Hall–Kier alpha value is -1.08. The van der Waals surface area contributed by atoms with E-state index in [1.807, 2.05) is 6.92 Å². The van der Waals surface area contributed by atoms with E-state index < -0.39 is 5.54 Å². The van der Waals surface area contributed by atoms with Crippen LogP contribution in [0.3, 0.4) is 0 Å². The van der Waals surface area contributed by atoms with Crippen LogP contribution in [0.1, 0.15) is 56.8 Å². The van der Waals surface area contributed by atoms with Crippen molar-refractivity contribution in [3.8, 4) is 0 Å². The van der Waals surface area contributed by atoms with E-state index in [9.17, 15) is 4.79 Å². The molecule has 1 amide bonds. The Morgan fingerprint density at radius 2 is 2.14 bits per heavy atom. The van der Waals surface area contributed by atoms with Gasteiger partial charge in [-0.2, -0.15) is 0 Å². The van der Waals surface area contributed by atoms with Crippen LogP contribution in [0.15, 0.2) is 5.16 Å². The third kappa shape index (κ3) is 3.08. The lowest BCUT2D eigenvalue weighted by Crippen LogP contribution is -2.51. The van der Waals surface area contributed by atoms with Gasteiger partial charge >= 0.3 is 0 Å². The number of likely N-dealkylation sites (N-methyl/N-ethyl adjacent to an activating group) is 1. The lowest BCUT2D eigenvalue weighted by Gasteiger charge is -2.24. The second kappa shape index (κ2) is 5.61. The lowest BCUT2D eigenvalue weighted by atomic mass is 9.99. The molecule has 3 N–H and O–H groups in total. The fourth-order valence-corrected chi connectivity index (χ4v) is 3.57. The maximum absolute atomic E-state index is 11.5. The van der Waals surface area contributed by atoms with E-state index in [2.05, 4.69) is 20.1 Å². The van der Waals surface area contributed by atoms with Crippen LogP contribution in [0.5, 0.6) is 0 Å². The van der Waals surface area contributed by atoms with E-state index >= 15 is 0 Å². The summed E-state index contributed by atoms with van der Waals surface area (Å²) in [5, 5.41) is 12.8. The average Bonchev–Trinajstić information content (AvgIpc) is 3.37. The molecule has 3 rings (SSSR count). The molecule has 2 aliphatic rings. The number of nitrogens with zero attached hydrogens (tertiary/aromatic N) is 3. The molecule has 6 nitrogen and oxygen atoms in total. The van der Waals surface area contributed by atoms with Gasteiger partial charge in [-0.05, 0) is 46.1 Å². The molecule has 21 heavy (non-hydrogen) atoms. The molecule has 0 aromatic carbocycles. The van der Waals surface area contributed by atoms with Crippen molar-refractivity contribution in [2.24, 2.45) is 5.73 Å². The molecule has 7 heteroatoms. The van der Waals surface area contributed by atoms with Crippen molar-refractivity contribution in [1.29, 1.82) is 0 Å². The molecule has 1 aromatic rings. The minimum absolute atomic E-state index is 0.312. The van der Waals surface area contributed by atoms with Gasteiger partial charge in [-0.25, -0.2) is 0 Å². The van der Waals surface area contributed by atoms with Gasteiger partial charge < -0.3 is 15.6 Å². The first-order valence-corrected chi connectivity index (χ1v) is 8.60. The summed E-state index contributed by atoms with van der Waals surface area (Å²) in [6, 6.07) is 0.602. The van der Waals surface area contributed by atoms with Crippen LogP contribution in [0.25, 0.3) is 0 Å². The van der Waals surface area contributed by atoms with Gasteiger partial charge in [-0.1, -0.05) is 11.8 Å². The third-order valence-electron chi connectivity index (χ3n) is 4.47. The zero-order chi connectivity index (χ0) is 15.0. The first-order chi connectivity index (χ1) is 10.0. The summed E-state index contributed by atoms with van der Waals surface area (Å²) in [6.07, 6.45) is 5.64. The van der Waals surface area contributed by atoms with Crippen molar-refractivity contribution in [3.63, 3.8) is 0 Å². The van der Waals surface area contributed by atoms with Crippen LogP contribution in [-0.2, 0) is 4.79 Å². The summed E-state index contributed by atoms with van der Waals surface area (Å²) in [7, 11) is 1.77. The highest BCUT2D eigenvalue weighted by Gasteiger charge is 2.36. The van der Waals surface area contributed by atoms with Gasteiger partial charge in [-0.3, -0.25) is 4.79 Å². The summed E-state index contributed by atoms with van der Waals surface area (Å²) in [5.74, 6) is 2.29. The number of hydrogen-bond acceptors (Lipinski definition) is 5. The molecule has 1 atom stereocenters. The highest BCUT2D eigenvalue weighted by molar-refractivity contribution is 7.99. The van der Waals surface area contributed by atoms with Gasteiger partial charge in [0.15, 0.2) is 5.16 Å². The number of aromatic nitrogens is 3. The van der Waals surface area contributed by atoms with Crippen molar-refractivity contribution in [1.82, 2.24) is 20.1 Å². The lowest BCUT2D eigenvalue weighted by molar-refractivity contribution is -0.123. The highest BCUT2D eigenvalue weighted by atomic mass is 32.2. The van der Waals surface area contributed by atoms with Crippen LogP contribution in [0.4, 0.5) is 0 Å². The standard InChI is InChI=1S/C14H23N5OS/c1-14(16-2,12(15)20)7-8-21-13-18-17-11(9-3-4-9)19(13)10-5-6-10/h9-10,16H,3-8H2,1-2H3,(H2,15,20). The number of carbonyl (C=O) groups excluding carboxylic acids is 1. The monoisotopic (exact) mass is 309 g/mol. The molecule has 1 unspecified atom stereocenters. The minimum Gasteiger partial charge on any atom is -0.368 e. The van der Waals surface area contributed by atoms with Gasteiger partial charge in [0.2, 0.25) is 5.91 Å². The van der Waals surface area contributed by atoms with E-state index in [1.54, 1.807) is 18.8 Å². The number of nitrogens with one attached hydrogen (secondary N) is 1. The van der Waals surface area contributed by atoms with Crippen LogP contribution >= 0.6 is 11.8 Å². The number of hydrogen-bond donors (Lipinski definition) is 2. The smallest absolute Gasteiger partial charge is 0.237 e. The van der Waals surface area contributed by atoms with Gasteiger partial charge in [-0.15, -0.1) is 10.2 Å². The SMILES string of the molecule is CNC(C)(CCSc1nnc(C2CC2)n1C1CC1)C(N)=O. The van der Waals surface area contributed by atoms with Crippen molar-refractivity contribution < 1.29 is 4.79 Å².